The topological polar surface area (TPSA) is 50.2 Å². The van der Waals surface area contributed by atoms with Crippen LogP contribution in [0.2, 0.25) is 0 Å². The molecule has 0 fully saturated rings. The highest BCUT2D eigenvalue weighted by molar-refractivity contribution is 5.88. The van der Waals surface area contributed by atoms with Crippen molar-refractivity contribution in [3.8, 4) is 0 Å². The summed E-state index contributed by atoms with van der Waals surface area (Å²) in [6, 6.07) is 1.77. The molecule has 0 aromatic carbocycles. The molecule has 0 aliphatic rings. The van der Waals surface area contributed by atoms with Gasteiger partial charge in [0.25, 0.3) is 0 Å². The lowest BCUT2D eigenvalue weighted by molar-refractivity contribution is 0.209. The summed E-state index contributed by atoms with van der Waals surface area (Å²) < 4.78 is 1.66. The van der Waals surface area contributed by atoms with Crippen LogP contribution in [0.4, 0.5) is 10.6 Å². The number of hydrogen-bond donors (Lipinski definition) is 1. The smallest absolute Gasteiger partial charge is 0.322 e. The Balaban J connectivity index is 2.55. The first-order chi connectivity index (χ1) is 8.69. The van der Waals surface area contributed by atoms with Crippen LogP contribution < -0.4 is 5.32 Å². The molecule has 0 aliphatic carbocycles. The normalized spacial score (nSPS) is 10.4. The Morgan fingerprint density at radius 2 is 1.94 bits per heavy atom. The van der Waals surface area contributed by atoms with Gasteiger partial charge in [-0.2, -0.15) is 5.10 Å². The minimum absolute atomic E-state index is 0.0273. The molecule has 5 nitrogen and oxygen atoms in total. The molecule has 0 saturated carbocycles. The third-order valence-corrected chi connectivity index (χ3v) is 2.91. The Hall–Kier alpha value is -1.52. The second-order valence-electron chi connectivity index (χ2n) is 4.46. The maximum atomic E-state index is 12.1. The van der Waals surface area contributed by atoms with Gasteiger partial charge in [0.1, 0.15) is 5.82 Å². The first-order valence-electron chi connectivity index (χ1n) is 6.73. The van der Waals surface area contributed by atoms with Crippen LogP contribution in [0.25, 0.3) is 0 Å². The van der Waals surface area contributed by atoms with E-state index in [9.17, 15) is 4.79 Å². The number of nitrogens with zero attached hydrogens (tertiary/aromatic N) is 3. The molecule has 2 amide bonds. The fraction of sp³-hybridized carbons (Fsp3) is 0.692. The minimum Gasteiger partial charge on any atom is -0.325 e. The summed E-state index contributed by atoms with van der Waals surface area (Å²) in [7, 11) is 1.82. The van der Waals surface area contributed by atoms with Crippen LogP contribution >= 0.6 is 0 Å². The third kappa shape index (κ3) is 4.39. The number of anilines is 1. The van der Waals surface area contributed by atoms with Crippen molar-refractivity contribution in [2.24, 2.45) is 7.05 Å². The number of amides is 2. The predicted molar refractivity (Wildman–Crippen MR) is 73.6 cm³/mol. The fourth-order valence-electron chi connectivity index (χ4n) is 1.70. The van der Waals surface area contributed by atoms with E-state index in [4.69, 9.17) is 0 Å². The van der Waals surface area contributed by atoms with Crippen molar-refractivity contribution in [2.45, 2.75) is 39.5 Å². The van der Waals surface area contributed by atoms with Crippen LogP contribution in [-0.4, -0.2) is 33.8 Å². The maximum Gasteiger partial charge on any atom is 0.322 e. The summed E-state index contributed by atoms with van der Waals surface area (Å²) in [4.78, 5) is 14.0. The molecule has 0 unspecified atom stereocenters. The standard InChI is InChI=1S/C13H24N4O/c1-4-6-10-17(11-7-5-2)13(18)15-12-8-9-14-16(12)3/h8-9H,4-7,10-11H2,1-3H3,(H,15,18). The lowest BCUT2D eigenvalue weighted by Crippen LogP contribution is -2.36. The van der Waals surface area contributed by atoms with E-state index in [-0.39, 0.29) is 6.03 Å². The van der Waals surface area contributed by atoms with Crippen molar-refractivity contribution in [1.29, 1.82) is 0 Å². The van der Waals surface area contributed by atoms with Gasteiger partial charge in [-0.25, -0.2) is 4.79 Å². The Bertz CT molecular complexity index is 354. The lowest BCUT2D eigenvalue weighted by Gasteiger charge is -2.22. The number of unbranched alkanes of at least 4 members (excludes halogenated alkanes) is 2. The molecular formula is C13H24N4O. The molecule has 1 N–H and O–H groups in total. The van der Waals surface area contributed by atoms with Gasteiger partial charge in [-0.15, -0.1) is 0 Å². The molecule has 0 aliphatic heterocycles. The highest BCUT2D eigenvalue weighted by Crippen LogP contribution is 2.07. The molecule has 0 bridgehead atoms. The van der Waals surface area contributed by atoms with E-state index >= 15 is 0 Å². The second-order valence-corrected chi connectivity index (χ2v) is 4.46. The van der Waals surface area contributed by atoms with E-state index in [1.165, 1.54) is 0 Å². The highest BCUT2D eigenvalue weighted by atomic mass is 16.2. The average Bonchev–Trinajstić information content (AvgIpc) is 2.75. The van der Waals surface area contributed by atoms with Gasteiger partial charge in [0.05, 0.1) is 6.20 Å². The maximum absolute atomic E-state index is 12.1. The fourth-order valence-corrected chi connectivity index (χ4v) is 1.70. The van der Waals surface area contributed by atoms with Crippen LogP contribution in [0.1, 0.15) is 39.5 Å². The van der Waals surface area contributed by atoms with Gasteiger partial charge in [-0.3, -0.25) is 10.00 Å². The number of hydrogen-bond acceptors (Lipinski definition) is 2. The molecule has 1 aromatic heterocycles. The average molecular weight is 252 g/mol. The van der Waals surface area contributed by atoms with Crippen LogP contribution in [0.3, 0.4) is 0 Å². The summed E-state index contributed by atoms with van der Waals surface area (Å²) in [5.41, 5.74) is 0. The number of carbonyl (C=O) groups is 1. The monoisotopic (exact) mass is 252 g/mol. The molecule has 0 atom stereocenters. The molecule has 0 saturated heterocycles. The Kier molecular flexibility index (Phi) is 6.25. The number of urea groups is 1. The molecule has 18 heavy (non-hydrogen) atoms. The zero-order chi connectivity index (χ0) is 13.4. The van der Waals surface area contributed by atoms with E-state index in [0.29, 0.717) is 0 Å². The Labute approximate surface area is 109 Å². The summed E-state index contributed by atoms with van der Waals surface area (Å²) in [6.07, 6.45) is 5.96. The van der Waals surface area contributed by atoms with Gasteiger partial charge < -0.3 is 4.90 Å². The number of aromatic nitrogens is 2. The molecule has 0 radical (unpaired) electrons. The Morgan fingerprint density at radius 3 is 2.39 bits per heavy atom. The largest absolute Gasteiger partial charge is 0.325 e. The van der Waals surface area contributed by atoms with Crippen molar-refractivity contribution in [3.05, 3.63) is 12.3 Å². The van der Waals surface area contributed by atoms with E-state index in [1.807, 2.05) is 11.9 Å². The van der Waals surface area contributed by atoms with Crippen LogP contribution in [0.5, 0.6) is 0 Å². The van der Waals surface area contributed by atoms with E-state index in [0.717, 1.165) is 44.6 Å². The van der Waals surface area contributed by atoms with Gasteiger partial charge in [0.2, 0.25) is 0 Å². The van der Waals surface area contributed by atoms with Gasteiger partial charge in [0.15, 0.2) is 0 Å². The van der Waals surface area contributed by atoms with Crippen molar-refractivity contribution in [2.75, 3.05) is 18.4 Å². The molecule has 1 heterocycles. The zero-order valence-corrected chi connectivity index (χ0v) is 11.6. The van der Waals surface area contributed by atoms with Crippen molar-refractivity contribution in [3.63, 3.8) is 0 Å². The SMILES string of the molecule is CCCCN(CCCC)C(=O)Nc1ccnn1C. The molecule has 1 rings (SSSR count). The van der Waals surface area contributed by atoms with Crippen molar-refractivity contribution >= 4 is 11.8 Å². The van der Waals surface area contributed by atoms with E-state index in [2.05, 4.69) is 24.3 Å². The van der Waals surface area contributed by atoms with Crippen molar-refractivity contribution in [1.82, 2.24) is 14.7 Å². The summed E-state index contributed by atoms with van der Waals surface area (Å²) in [5.74, 6) is 0.734. The number of aryl methyl sites for hydroxylation is 1. The van der Waals surface area contributed by atoms with E-state index in [1.54, 1.807) is 16.9 Å². The van der Waals surface area contributed by atoms with Gasteiger partial charge in [-0.1, -0.05) is 26.7 Å². The van der Waals surface area contributed by atoms with Gasteiger partial charge in [-0.05, 0) is 12.8 Å². The second kappa shape index (κ2) is 7.74. The lowest BCUT2D eigenvalue weighted by atomic mass is 10.3. The van der Waals surface area contributed by atoms with Crippen LogP contribution in [0, 0.1) is 0 Å². The first-order valence-corrected chi connectivity index (χ1v) is 6.73. The minimum atomic E-state index is -0.0273. The quantitative estimate of drug-likeness (QED) is 0.811. The number of carbonyl (C=O) groups excluding carboxylic acids is 1. The third-order valence-electron chi connectivity index (χ3n) is 2.91. The molecular weight excluding hydrogens is 228 g/mol. The van der Waals surface area contributed by atoms with Crippen LogP contribution in [-0.2, 0) is 7.05 Å². The predicted octanol–water partition coefficient (Wildman–Crippen LogP) is 2.85. The first kappa shape index (κ1) is 14.5. The van der Waals surface area contributed by atoms with Crippen molar-refractivity contribution < 1.29 is 4.79 Å². The molecule has 0 spiro atoms. The molecule has 102 valence electrons. The molecule has 1 aromatic rings. The number of rotatable bonds is 7. The van der Waals surface area contributed by atoms with E-state index < -0.39 is 0 Å². The van der Waals surface area contributed by atoms with Gasteiger partial charge >= 0.3 is 6.03 Å². The highest BCUT2D eigenvalue weighted by Gasteiger charge is 2.13. The Morgan fingerprint density at radius 1 is 1.33 bits per heavy atom. The summed E-state index contributed by atoms with van der Waals surface area (Å²) in [6.45, 7) is 5.91. The molecule has 5 heteroatoms. The summed E-state index contributed by atoms with van der Waals surface area (Å²) >= 11 is 0. The summed E-state index contributed by atoms with van der Waals surface area (Å²) in [5, 5.41) is 6.93. The zero-order valence-electron chi connectivity index (χ0n) is 11.6. The van der Waals surface area contributed by atoms with Gasteiger partial charge in [0, 0.05) is 26.2 Å². The van der Waals surface area contributed by atoms with Crippen LogP contribution in [0.15, 0.2) is 12.3 Å². The number of nitrogens with one attached hydrogen (secondary N) is 1.